The summed E-state index contributed by atoms with van der Waals surface area (Å²) in [6.07, 6.45) is 1.06. The lowest BCUT2D eigenvalue weighted by Gasteiger charge is -2.34. The molecule has 0 unspecified atom stereocenters. The van der Waals surface area contributed by atoms with Crippen LogP contribution in [0.5, 0.6) is 0 Å². The lowest BCUT2D eigenvalue weighted by Crippen LogP contribution is -2.53. The van der Waals surface area contributed by atoms with Crippen LogP contribution >= 0.6 is 23.2 Å². The zero-order chi connectivity index (χ0) is 29.4. The van der Waals surface area contributed by atoms with Gasteiger partial charge in [-0.15, -0.1) is 0 Å². The molecule has 0 spiro atoms. The average molecular weight is 605 g/mol. The standard InChI is InChI=1S/C30H35Cl2N3O4S/c1-5-22(4)33-30(37)26(6-2)34(19-23-17-15-21(3)16-18-23)28(36)20-35(27-14-10-13-25(31)29(27)32)40(38,39)24-11-8-7-9-12-24/h7-18,22,26H,5-6,19-20H2,1-4H3,(H,33,37)/t22-,26-/m0/s1. The van der Waals surface area contributed by atoms with Crippen LogP contribution in [-0.2, 0) is 26.2 Å². The van der Waals surface area contributed by atoms with Gasteiger partial charge in [0.1, 0.15) is 12.6 Å². The Labute approximate surface area is 247 Å². The maximum Gasteiger partial charge on any atom is 0.264 e. The first kappa shape index (κ1) is 31.5. The second kappa shape index (κ2) is 14.0. The lowest BCUT2D eigenvalue weighted by atomic mass is 10.1. The molecule has 3 rings (SSSR count). The molecule has 40 heavy (non-hydrogen) atoms. The number of anilines is 1. The maximum atomic E-state index is 14.1. The van der Waals surface area contributed by atoms with Gasteiger partial charge in [-0.25, -0.2) is 8.42 Å². The summed E-state index contributed by atoms with van der Waals surface area (Å²) in [6, 6.07) is 19.1. The van der Waals surface area contributed by atoms with Gasteiger partial charge in [-0.3, -0.25) is 13.9 Å². The molecule has 0 radical (unpaired) electrons. The Balaban J connectivity index is 2.08. The van der Waals surface area contributed by atoms with E-state index >= 15 is 0 Å². The Morgan fingerprint density at radius 2 is 1.55 bits per heavy atom. The van der Waals surface area contributed by atoms with Crippen LogP contribution in [-0.4, -0.2) is 43.8 Å². The fourth-order valence-electron chi connectivity index (χ4n) is 4.17. The van der Waals surface area contributed by atoms with Crippen molar-refractivity contribution >= 4 is 50.7 Å². The molecule has 7 nitrogen and oxygen atoms in total. The van der Waals surface area contributed by atoms with Crippen LogP contribution in [0.2, 0.25) is 10.0 Å². The lowest BCUT2D eigenvalue weighted by molar-refractivity contribution is -0.140. The van der Waals surface area contributed by atoms with Crippen LogP contribution in [0.15, 0.2) is 77.7 Å². The molecule has 0 bridgehead atoms. The Hall–Kier alpha value is -3.07. The predicted octanol–water partition coefficient (Wildman–Crippen LogP) is 6.22. The highest BCUT2D eigenvalue weighted by Crippen LogP contribution is 2.35. The van der Waals surface area contributed by atoms with Crippen molar-refractivity contribution in [1.29, 1.82) is 0 Å². The zero-order valence-corrected chi connectivity index (χ0v) is 25.4. The number of nitrogens with zero attached hydrogens (tertiary/aromatic N) is 2. The van der Waals surface area contributed by atoms with Crippen LogP contribution in [0.1, 0.15) is 44.7 Å². The summed E-state index contributed by atoms with van der Waals surface area (Å²) >= 11 is 12.7. The van der Waals surface area contributed by atoms with Gasteiger partial charge in [-0.2, -0.15) is 0 Å². The van der Waals surface area contributed by atoms with Gasteiger partial charge in [0, 0.05) is 12.6 Å². The molecule has 214 valence electrons. The normalized spacial score (nSPS) is 12.8. The van der Waals surface area contributed by atoms with Crippen LogP contribution in [0.25, 0.3) is 0 Å². The quantitative estimate of drug-likeness (QED) is 0.266. The van der Waals surface area contributed by atoms with Crippen molar-refractivity contribution in [3.8, 4) is 0 Å². The molecule has 1 N–H and O–H groups in total. The summed E-state index contributed by atoms with van der Waals surface area (Å²) < 4.78 is 28.7. The molecule has 3 aromatic carbocycles. The molecule has 0 aliphatic heterocycles. The van der Waals surface area contributed by atoms with Gasteiger partial charge in [0.05, 0.1) is 20.6 Å². The van der Waals surface area contributed by atoms with Crippen molar-refractivity contribution in [2.75, 3.05) is 10.8 Å². The van der Waals surface area contributed by atoms with E-state index in [0.29, 0.717) is 6.42 Å². The summed E-state index contributed by atoms with van der Waals surface area (Å²) in [5.74, 6) is -0.849. The van der Waals surface area contributed by atoms with E-state index in [1.807, 2.05) is 52.0 Å². The fourth-order valence-corrected chi connectivity index (χ4v) is 6.06. The molecular weight excluding hydrogens is 569 g/mol. The van der Waals surface area contributed by atoms with Gasteiger partial charge in [-0.05, 0) is 56.5 Å². The largest absolute Gasteiger partial charge is 0.352 e. The number of benzene rings is 3. The van der Waals surface area contributed by atoms with Crippen molar-refractivity contribution in [3.63, 3.8) is 0 Å². The number of sulfonamides is 1. The minimum atomic E-state index is -4.23. The summed E-state index contributed by atoms with van der Waals surface area (Å²) in [7, 11) is -4.23. The average Bonchev–Trinajstić information content (AvgIpc) is 2.94. The molecule has 2 amide bonds. The minimum Gasteiger partial charge on any atom is -0.352 e. The maximum absolute atomic E-state index is 14.1. The second-order valence-corrected chi connectivity index (χ2v) is 12.3. The molecule has 0 aromatic heterocycles. The van der Waals surface area contributed by atoms with E-state index in [2.05, 4.69) is 5.32 Å². The highest BCUT2D eigenvalue weighted by atomic mass is 35.5. The van der Waals surface area contributed by atoms with Gasteiger partial charge < -0.3 is 10.2 Å². The number of halogens is 2. The van der Waals surface area contributed by atoms with Crippen molar-refractivity contribution in [2.45, 2.75) is 64.1 Å². The van der Waals surface area contributed by atoms with Gasteiger partial charge >= 0.3 is 0 Å². The van der Waals surface area contributed by atoms with Crippen LogP contribution < -0.4 is 9.62 Å². The predicted molar refractivity (Wildman–Crippen MR) is 161 cm³/mol. The van der Waals surface area contributed by atoms with Crippen molar-refractivity contribution in [3.05, 3.63) is 94.0 Å². The third kappa shape index (κ3) is 7.56. The molecule has 10 heteroatoms. The van der Waals surface area contributed by atoms with E-state index in [-0.39, 0.29) is 39.1 Å². The van der Waals surface area contributed by atoms with Gasteiger partial charge in [0.15, 0.2) is 0 Å². The molecule has 3 aromatic rings. The topological polar surface area (TPSA) is 86.8 Å². The first-order valence-corrected chi connectivity index (χ1v) is 15.4. The second-order valence-electron chi connectivity index (χ2n) is 9.65. The monoisotopic (exact) mass is 603 g/mol. The number of hydrogen-bond acceptors (Lipinski definition) is 4. The Bertz CT molecular complexity index is 1420. The van der Waals surface area contributed by atoms with Crippen molar-refractivity contribution in [1.82, 2.24) is 10.2 Å². The molecular formula is C30H35Cl2N3O4S. The number of nitrogens with one attached hydrogen (secondary N) is 1. The molecule has 2 atom stereocenters. The summed E-state index contributed by atoms with van der Waals surface area (Å²) in [6.45, 7) is 7.17. The van der Waals surface area contributed by atoms with Crippen LogP contribution in [0.3, 0.4) is 0 Å². The summed E-state index contributed by atoms with van der Waals surface area (Å²) in [4.78, 5) is 28.9. The number of carbonyl (C=O) groups is 2. The fraction of sp³-hybridized carbons (Fsp3) is 0.333. The zero-order valence-electron chi connectivity index (χ0n) is 23.1. The van der Waals surface area contributed by atoms with Gasteiger partial charge in [-0.1, -0.05) is 91.1 Å². The third-order valence-corrected chi connectivity index (χ3v) is 9.25. The summed E-state index contributed by atoms with van der Waals surface area (Å²) in [5, 5.41) is 3.12. The number of hydrogen-bond donors (Lipinski definition) is 1. The Kier molecular flexibility index (Phi) is 11.0. The number of amides is 2. The first-order valence-electron chi connectivity index (χ1n) is 13.2. The Morgan fingerprint density at radius 3 is 2.15 bits per heavy atom. The SMILES string of the molecule is CC[C@H](C)NC(=O)[C@H](CC)N(Cc1ccc(C)cc1)C(=O)CN(c1cccc(Cl)c1Cl)S(=O)(=O)c1ccccc1. The molecule has 0 saturated carbocycles. The summed E-state index contributed by atoms with van der Waals surface area (Å²) in [5.41, 5.74) is 1.93. The van der Waals surface area contributed by atoms with E-state index < -0.39 is 28.5 Å². The van der Waals surface area contributed by atoms with Gasteiger partial charge in [0.2, 0.25) is 11.8 Å². The van der Waals surface area contributed by atoms with E-state index in [1.54, 1.807) is 30.3 Å². The first-order chi connectivity index (χ1) is 19.0. The highest BCUT2D eigenvalue weighted by Gasteiger charge is 2.34. The molecule has 0 heterocycles. The third-order valence-electron chi connectivity index (χ3n) is 6.67. The molecule has 0 aliphatic rings. The molecule has 0 saturated heterocycles. The van der Waals surface area contributed by atoms with Crippen molar-refractivity contribution in [2.24, 2.45) is 0 Å². The number of aryl methyl sites for hydroxylation is 1. The highest BCUT2D eigenvalue weighted by molar-refractivity contribution is 7.92. The van der Waals surface area contributed by atoms with E-state index in [9.17, 15) is 18.0 Å². The van der Waals surface area contributed by atoms with E-state index in [1.165, 1.54) is 23.1 Å². The van der Waals surface area contributed by atoms with Crippen molar-refractivity contribution < 1.29 is 18.0 Å². The van der Waals surface area contributed by atoms with E-state index in [4.69, 9.17) is 23.2 Å². The number of carbonyl (C=O) groups excluding carboxylic acids is 2. The van der Waals surface area contributed by atoms with Gasteiger partial charge in [0.25, 0.3) is 10.0 Å². The Morgan fingerprint density at radius 1 is 0.900 bits per heavy atom. The minimum absolute atomic E-state index is 0.00288. The molecule has 0 aliphatic carbocycles. The van der Waals surface area contributed by atoms with Crippen LogP contribution in [0, 0.1) is 6.92 Å². The number of rotatable bonds is 12. The molecule has 0 fully saturated rings. The van der Waals surface area contributed by atoms with Crippen LogP contribution in [0.4, 0.5) is 5.69 Å². The smallest absolute Gasteiger partial charge is 0.264 e. The van der Waals surface area contributed by atoms with E-state index in [0.717, 1.165) is 21.9 Å².